The number of benzene rings is 2. The molecule has 148 valence electrons. The zero-order valence-electron chi connectivity index (χ0n) is 15.2. The molecule has 0 fully saturated rings. The highest BCUT2D eigenvalue weighted by Gasteiger charge is 2.33. The maximum Gasteiger partial charge on any atom is 0.417 e. The van der Waals surface area contributed by atoms with Crippen LogP contribution in [-0.4, -0.2) is 30.8 Å². The summed E-state index contributed by atoms with van der Waals surface area (Å²) in [6, 6.07) is 10.2. The Bertz CT molecular complexity index is 891. The van der Waals surface area contributed by atoms with Crippen LogP contribution in [0.15, 0.2) is 48.5 Å². The Balaban J connectivity index is 1.96. The van der Waals surface area contributed by atoms with E-state index in [1.165, 1.54) is 17.0 Å². The monoisotopic (exact) mass is 410 g/mol. The van der Waals surface area contributed by atoms with Crippen molar-refractivity contribution < 1.29 is 22.8 Å². The van der Waals surface area contributed by atoms with Gasteiger partial charge in [-0.1, -0.05) is 29.8 Å². The van der Waals surface area contributed by atoms with Crippen LogP contribution in [0.25, 0.3) is 6.08 Å². The molecule has 4 nitrogen and oxygen atoms in total. The highest BCUT2D eigenvalue weighted by atomic mass is 35.5. The highest BCUT2D eigenvalue weighted by molar-refractivity contribution is 6.31. The van der Waals surface area contributed by atoms with E-state index >= 15 is 0 Å². The number of halogens is 4. The molecule has 2 aromatic rings. The van der Waals surface area contributed by atoms with Crippen LogP contribution in [0.3, 0.4) is 0 Å². The van der Waals surface area contributed by atoms with Crippen molar-refractivity contribution in [3.63, 3.8) is 0 Å². The lowest BCUT2D eigenvalue weighted by atomic mass is 10.1. The summed E-state index contributed by atoms with van der Waals surface area (Å²) < 4.78 is 38.5. The topological polar surface area (TPSA) is 49.4 Å². The molecule has 0 aliphatic heterocycles. The first-order valence-corrected chi connectivity index (χ1v) is 8.59. The van der Waals surface area contributed by atoms with Crippen LogP contribution in [-0.2, 0) is 17.5 Å². The molecule has 0 saturated carbocycles. The maximum atomic E-state index is 12.8. The summed E-state index contributed by atoms with van der Waals surface area (Å²) in [5.74, 6) is -0.586. The average Bonchev–Trinajstić information content (AvgIpc) is 2.64. The molecule has 0 saturated heterocycles. The molecule has 2 rings (SSSR count). The molecular formula is C20H18ClF3N2O2. The molecule has 28 heavy (non-hydrogen) atoms. The van der Waals surface area contributed by atoms with E-state index in [1.807, 2.05) is 0 Å². The maximum absolute atomic E-state index is 12.8. The number of rotatable bonds is 5. The molecule has 0 bridgehead atoms. The highest BCUT2D eigenvalue weighted by Crippen LogP contribution is 2.35. The Hall–Kier alpha value is -2.80. The zero-order chi connectivity index (χ0) is 20.9. The summed E-state index contributed by atoms with van der Waals surface area (Å²) in [5, 5.41) is 2.23. The summed E-state index contributed by atoms with van der Waals surface area (Å²) in [7, 11) is 3.31. The number of carbonyl (C=O) groups excluding carboxylic acids is 2. The van der Waals surface area contributed by atoms with Gasteiger partial charge in [0, 0.05) is 32.3 Å². The van der Waals surface area contributed by atoms with E-state index in [0.717, 1.165) is 23.8 Å². The SMILES string of the molecule is CN(C)C(=O)c1ccc(CNC(=O)/C=C/c2ccc(Cl)c(C(F)(F)F)c2)cc1. The fourth-order valence-electron chi connectivity index (χ4n) is 2.31. The van der Waals surface area contributed by atoms with E-state index in [2.05, 4.69) is 5.32 Å². The molecule has 0 aromatic heterocycles. The largest absolute Gasteiger partial charge is 0.417 e. The first kappa shape index (κ1) is 21.5. The Morgan fingerprint density at radius 1 is 1.11 bits per heavy atom. The number of hydrogen-bond acceptors (Lipinski definition) is 2. The summed E-state index contributed by atoms with van der Waals surface area (Å²) >= 11 is 5.56. The number of nitrogens with zero attached hydrogens (tertiary/aromatic N) is 1. The number of carbonyl (C=O) groups is 2. The van der Waals surface area contributed by atoms with Crippen LogP contribution in [0.5, 0.6) is 0 Å². The molecule has 0 spiro atoms. The molecule has 0 atom stereocenters. The minimum absolute atomic E-state index is 0.125. The van der Waals surface area contributed by atoms with E-state index in [1.54, 1.807) is 38.4 Å². The van der Waals surface area contributed by atoms with Gasteiger partial charge in [-0.25, -0.2) is 0 Å². The van der Waals surface area contributed by atoms with Gasteiger partial charge in [0.15, 0.2) is 0 Å². The van der Waals surface area contributed by atoms with Crippen molar-refractivity contribution in [2.75, 3.05) is 14.1 Å². The van der Waals surface area contributed by atoms with Gasteiger partial charge in [0.05, 0.1) is 10.6 Å². The summed E-state index contributed by atoms with van der Waals surface area (Å²) in [6.07, 6.45) is -2.14. The van der Waals surface area contributed by atoms with E-state index in [-0.39, 0.29) is 18.0 Å². The fraction of sp³-hybridized carbons (Fsp3) is 0.200. The van der Waals surface area contributed by atoms with Gasteiger partial charge in [-0.2, -0.15) is 13.2 Å². The van der Waals surface area contributed by atoms with Crippen LogP contribution in [0.4, 0.5) is 13.2 Å². The summed E-state index contributed by atoms with van der Waals surface area (Å²) in [4.78, 5) is 25.2. The van der Waals surface area contributed by atoms with Gasteiger partial charge in [-0.15, -0.1) is 0 Å². The van der Waals surface area contributed by atoms with Crippen molar-refractivity contribution in [1.82, 2.24) is 10.2 Å². The minimum Gasteiger partial charge on any atom is -0.348 e. The first-order chi connectivity index (χ1) is 13.1. The molecule has 0 radical (unpaired) electrons. The molecule has 0 unspecified atom stereocenters. The van der Waals surface area contributed by atoms with Gasteiger partial charge in [0.1, 0.15) is 0 Å². The Morgan fingerprint density at radius 3 is 2.32 bits per heavy atom. The van der Waals surface area contributed by atoms with Gasteiger partial charge in [-0.05, 0) is 41.5 Å². The molecule has 0 aliphatic rings. The van der Waals surface area contributed by atoms with Crippen LogP contribution in [0.1, 0.15) is 27.0 Å². The fourth-order valence-corrected chi connectivity index (χ4v) is 2.53. The Morgan fingerprint density at radius 2 is 1.75 bits per heavy atom. The molecule has 8 heteroatoms. The van der Waals surface area contributed by atoms with Crippen LogP contribution < -0.4 is 5.32 Å². The quantitative estimate of drug-likeness (QED) is 0.743. The number of hydrogen-bond donors (Lipinski definition) is 1. The molecule has 2 aromatic carbocycles. The Kier molecular flexibility index (Phi) is 6.85. The van der Waals surface area contributed by atoms with E-state index in [4.69, 9.17) is 11.6 Å². The second-order valence-electron chi connectivity index (χ2n) is 6.18. The lowest BCUT2D eigenvalue weighted by Gasteiger charge is -2.10. The van der Waals surface area contributed by atoms with Gasteiger partial charge < -0.3 is 10.2 Å². The summed E-state index contributed by atoms with van der Waals surface area (Å²) in [6.45, 7) is 0.216. The number of alkyl halides is 3. The zero-order valence-corrected chi connectivity index (χ0v) is 15.9. The van der Waals surface area contributed by atoms with E-state index in [9.17, 15) is 22.8 Å². The molecule has 1 N–H and O–H groups in total. The minimum atomic E-state index is -4.57. The van der Waals surface area contributed by atoms with Crippen molar-refractivity contribution >= 4 is 29.5 Å². The van der Waals surface area contributed by atoms with Gasteiger partial charge >= 0.3 is 6.18 Å². The summed E-state index contributed by atoms with van der Waals surface area (Å²) in [5.41, 5.74) is 0.564. The van der Waals surface area contributed by atoms with Gasteiger partial charge in [0.2, 0.25) is 5.91 Å². The van der Waals surface area contributed by atoms with Crippen LogP contribution in [0.2, 0.25) is 5.02 Å². The van der Waals surface area contributed by atoms with E-state index < -0.39 is 22.7 Å². The van der Waals surface area contributed by atoms with Crippen molar-refractivity contribution in [1.29, 1.82) is 0 Å². The second-order valence-corrected chi connectivity index (χ2v) is 6.59. The number of nitrogens with one attached hydrogen (secondary N) is 1. The van der Waals surface area contributed by atoms with Gasteiger partial charge in [0.25, 0.3) is 5.91 Å². The van der Waals surface area contributed by atoms with E-state index in [0.29, 0.717) is 5.56 Å². The second kappa shape index (κ2) is 8.93. The predicted octanol–water partition coefficient (Wildman–Crippen LogP) is 4.39. The van der Waals surface area contributed by atoms with Gasteiger partial charge in [-0.3, -0.25) is 9.59 Å². The number of amides is 2. The normalized spacial score (nSPS) is 11.5. The van der Waals surface area contributed by atoms with Crippen molar-refractivity contribution in [2.45, 2.75) is 12.7 Å². The third kappa shape index (κ3) is 5.85. The molecule has 2 amide bonds. The van der Waals surface area contributed by atoms with Crippen LogP contribution >= 0.6 is 11.6 Å². The standard InChI is InChI=1S/C20H18ClF3N2O2/c1-26(2)19(28)15-7-3-14(4-8-15)12-25-18(27)10-6-13-5-9-17(21)16(11-13)20(22,23)24/h3-11H,12H2,1-2H3,(H,25,27)/b10-6+. The molecule has 0 aliphatic carbocycles. The predicted molar refractivity (Wildman–Crippen MR) is 102 cm³/mol. The average molecular weight is 411 g/mol. The third-order valence-corrected chi connectivity index (χ3v) is 4.13. The smallest absolute Gasteiger partial charge is 0.348 e. The Labute approximate surface area is 165 Å². The first-order valence-electron chi connectivity index (χ1n) is 8.21. The van der Waals surface area contributed by atoms with Crippen molar-refractivity contribution in [2.24, 2.45) is 0 Å². The van der Waals surface area contributed by atoms with Crippen molar-refractivity contribution in [3.8, 4) is 0 Å². The third-order valence-electron chi connectivity index (χ3n) is 3.80. The van der Waals surface area contributed by atoms with Crippen LogP contribution in [0, 0.1) is 0 Å². The van der Waals surface area contributed by atoms with Crippen molar-refractivity contribution in [3.05, 3.63) is 75.8 Å². The molecule has 0 heterocycles. The molecular weight excluding hydrogens is 393 g/mol. The lowest BCUT2D eigenvalue weighted by Crippen LogP contribution is -2.22. The lowest BCUT2D eigenvalue weighted by molar-refractivity contribution is -0.137.